The van der Waals surface area contributed by atoms with E-state index in [0.717, 1.165) is 30.0 Å². The fourth-order valence-corrected chi connectivity index (χ4v) is 6.58. The Bertz CT molecular complexity index is 1290. The number of para-hydroxylation sites is 2. The van der Waals surface area contributed by atoms with Crippen molar-refractivity contribution in [3.8, 4) is 5.75 Å². The Morgan fingerprint density at radius 1 is 0.778 bits per heavy atom. The van der Waals surface area contributed by atoms with Crippen molar-refractivity contribution >= 4 is 25.3 Å². The fraction of sp³-hybridized carbons (Fsp3) is 0.242. The summed E-state index contributed by atoms with van der Waals surface area (Å²) in [4.78, 5) is 4.96. The molecule has 0 amide bonds. The molecular weight excluding hydrogens is 457 g/mol. The Balaban J connectivity index is 1.72. The lowest BCUT2D eigenvalue weighted by Crippen LogP contribution is -2.25. The van der Waals surface area contributed by atoms with Gasteiger partial charge in [0.15, 0.2) is 0 Å². The number of aryl methyl sites for hydroxylation is 1. The minimum Gasteiger partial charge on any atom is -0.489 e. The number of benzene rings is 4. The van der Waals surface area contributed by atoms with Gasteiger partial charge in [-0.2, -0.15) is 0 Å². The van der Waals surface area contributed by atoms with Crippen molar-refractivity contribution in [1.29, 1.82) is 0 Å². The molecule has 0 heterocycles. The third-order valence-electron chi connectivity index (χ3n) is 6.93. The van der Waals surface area contributed by atoms with E-state index in [1.54, 1.807) is 0 Å². The van der Waals surface area contributed by atoms with Gasteiger partial charge < -0.3 is 4.74 Å². The van der Waals surface area contributed by atoms with E-state index in [4.69, 9.17) is 9.73 Å². The standard InChI is InChI=1S/C33H36NOP/c1-5-33(6-2,30-22-13-14-23-31(30)35-24-27-17-9-7-10-18-27)36-32-25(3)16-15-21-29(32)26(4)34-28-19-11-8-12-20-28/h7-23,36H,5-6,24H2,1-4H3/b34-26+. The third-order valence-corrected chi connectivity index (χ3v) is 9.30. The summed E-state index contributed by atoms with van der Waals surface area (Å²) in [6.07, 6.45) is 2.08. The molecule has 0 saturated heterocycles. The number of ether oxygens (including phenoxy) is 1. The normalized spacial score (nSPS) is 12.3. The van der Waals surface area contributed by atoms with Crippen molar-refractivity contribution < 1.29 is 4.74 Å². The van der Waals surface area contributed by atoms with Gasteiger partial charge in [0.2, 0.25) is 0 Å². The summed E-state index contributed by atoms with van der Waals surface area (Å²) in [5.41, 5.74) is 7.09. The van der Waals surface area contributed by atoms with E-state index in [9.17, 15) is 0 Å². The lowest BCUT2D eigenvalue weighted by atomic mass is 9.92. The van der Waals surface area contributed by atoms with Gasteiger partial charge in [0, 0.05) is 22.0 Å². The number of aliphatic imine (C=N–C) groups is 1. The van der Waals surface area contributed by atoms with Crippen LogP contribution in [-0.2, 0) is 11.8 Å². The molecule has 1 atom stereocenters. The molecule has 1 unspecified atom stereocenters. The highest BCUT2D eigenvalue weighted by Crippen LogP contribution is 2.50. The number of hydrogen-bond acceptors (Lipinski definition) is 2. The highest BCUT2D eigenvalue weighted by atomic mass is 31.1. The third kappa shape index (κ3) is 5.94. The van der Waals surface area contributed by atoms with Crippen molar-refractivity contribution in [2.75, 3.05) is 0 Å². The van der Waals surface area contributed by atoms with Crippen LogP contribution in [0.1, 0.15) is 55.9 Å². The molecule has 0 saturated carbocycles. The van der Waals surface area contributed by atoms with Crippen LogP contribution in [0.4, 0.5) is 5.69 Å². The molecule has 0 radical (unpaired) electrons. The first-order chi connectivity index (χ1) is 17.6. The molecule has 3 heteroatoms. The molecule has 0 aromatic heterocycles. The lowest BCUT2D eigenvalue weighted by molar-refractivity contribution is 0.298. The van der Waals surface area contributed by atoms with Crippen LogP contribution in [0.5, 0.6) is 5.75 Å². The molecule has 0 spiro atoms. The van der Waals surface area contributed by atoms with Crippen molar-refractivity contribution in [1.82, 2.24) is 0 Å². The zero-order valence-electron chi connectivity index (χ0n) is 21.8. The maximum absolute atomic E-state index is 6.44. The first kappa shape index (κ1) is 25.9. The van der Waals surface area contributed by atoms with Gasteiger partial charge in [-0.05, 0) is 61.3 Å². The van der Waals surface area contributed by atoms with Gasteiger partial charge in [-0.3, -0.25) is 4.99 Å². The molecule has 0 fully saturated rings. The molecule has 0 aliphatic heterocycles. The van der Waals surface area contributed by atoms with E-state index in [2.05, 4.69) is 107 Å². The largest absolute Gasteiger partial charge is 0.489 e. The molecule has 184 valence electrons. The molecule has 36 heavy (non-hydrogen) atoms. The van der Waals surface area contributed by atoms with E-state index < -0.39 is 0 Å². The first-order valence-corrected chi connectivity index (χ1v) is 13.8. The van der Waals surface area contributed by atoms with E-state index in [1.165, 1.54) is 27.6 Å². The van der Waals surface area contributed by atoms with Crippen molar-refractivity contribution in [3.63, 3.8) is 0 Å². The van der Waals surface area contributed by atoms with Gasteiger partial charge >= 0.3 is 0 Å². The van der Waals surface area contributed by atoms with Gasteiger partial charge in [0.05, 0.1) is 5.69 Å². The quantitative estimate of drug-likeness (QED) is 0.160. The zero-order valence-corrected chi connectivity index (χ0v) is 22.8. The zero-order chi connectivity index (χ0) is 25.4. The number of nitrogens with zero attached hydrogens (tertiary/aromatic N) is 1. The summed E-state index contributed by atoms with van der Waals surface area (Å²) in [5.74, 6) is 0.988. The summed E-state index contributed by atoms with van der Waals surface area (Å²) < 4.78 is 6.44. The fourth-order valence-electron chi connectivity index (χ4n) is 4.73. The van der Waals surface area contributed by atoms with E-state index >= 15 is 0 Å². The smallest absolute Gasteiger partial charge is 0.123 e. The van der Waals surface area contributed by atoms with Gasteiger partial charge in [0.1, 0.15) is 12.4 Å². The molecule has 0 bridgehead atoms. The van der Waals surface area contributed by atoms with Gasteiger partial charge in [0.25, 0.3) is 0 Å². The molecule has 0 aliphatic carbocycles. The van der Waals surface area contributed by atoms with Gasteiger partial charge in [-0.15, -0.1) is 0 Å². The lowest BCUT2D eigenvalue weighted by Gasteiger charge is -2.35. The Labute approximate surface area is 218 Å². The summed E-state index contributed by atoms with van der Waals surface area (Å²) >= 11 is 0. The molecule has 4 aromatic rings. The second-order valence-electron chi connectivity index (χ2n) is 9.21. The number of hydrogen-bond donors (Lipinski definition) is 0. The van der Waals surface area contributed by atoms with E-state index in [0.29, 0.717) is 15.2 Å². The van der Waals surface area contributed by atoms with Crippen LogP contribution >= 0.6 is 8.58 Å². The van der Waals surface area contributed by atoms with E-state index in [-0.39, 0.29) is 5.16 Å². The summed E-state index contributed by atoms with van der Waals surface area (Å²) in [6, 6.07) is 35.9. The highest BCUT2D eigenvalue weighted by Gasteiger charge is 2.33. The topological polar surface area (TPSA) is 21.6 Å². The average molecular weight is 494 g/mol. The highest BCUT2D eigenvalue weighted by molar-refractivity contribution is 7.49. The summed E-state index contributed by atoms with van der Waals surface area (Å²) in [6.45, 7) is 9.56. The first-order valence-electron chi connectivity index (χ1n) is 12.8. The molecule has 2 nitrogen and oxygen atoms in total. The van der Waals surface area contributed by atoms with E-state index in [1.807, 2.05) is 24.3 Å². The SMILES string of the molecule is CCC(CC)(Pc1c(C)cccc1/C(C)=N/c1ccccc1)c1ccccc1OCc1ccccc1. The van der Waals surface area contributed by atoms with Crippen LogP contribution in [0.3, 0.4) is 0 Å². The van der Waals surface area contributed by atoms with Crippen molar-refractivity contribution in [2.45, 2.75) is 52.3 Å². The Kier molecular flexibility index (Phi) is 8.73. The second kappa shape index (κ2) is 12.2. The summed E-state index contributed by atoms with van der Waals surface area (Å²) in [7, 11) is 0.601. The average Bonchev–Trinajstić information content (AvgIpc) is 2.93. The monoisotopic (exact) mass is 493 g/mol. The maximum atomic E-state index is 6.44. The van der Waals surface area contributed by atoms with Crippen LogP contribution in [0, 0.1) is 6.92 Å². The predicted molar refractivity (Wildman–Crippen MR) is 157 cm³/mol. The van der Waals surface area contributed by atoms with Crippen LogP contribution in [0.15, 0.2) is 108 Å². The minimum absolute atomic E-state index is 0.0127. The molecule has 4 aromatic carbocycles. The minimum atomic E-state index is -0.0127. The molecule has 4 rings (SSSR count). The second-order valence-corrected chi connectivity index (χ2v) is 10.9. The maximum Gasteiger partial charge on any atom is 0.123 e. The Morgan fingerprint density at radius 2 is 1.42 bits per heavy atom. The van der Waals surface area contributed by atoms with Gasteiger partial charge in [-0.1, -0.05) is 107 Å². The molecular formula is C33H36NOP. The van der Waals surface area contributed by atoms with Crippen LogP contribution in [0.2, 0.25) is 0 Å². The van der Waals surface area contributed by atoms with Crippen LogP contribution in [-0.4, -0.2) is 5.71 Å². The molecule has 0 aliphatic rings. The molecule has 0 N–H and O–H groups in total. The van der Waals surface area contributed by atoms with Gasteiger partial charge in [-0.25, -0.2) is 0 Å². The summed E-state index contributed by atoms with van der Waals surface area (Å²) in [5, 5.41) is 1.39. The van der Waals surface area contributed by atoms with Crippen molar-refractivity contribution in [2.24, 2.45) is 4.99 Å². The Hall–Kier alpha value is -3.22. The Morgan fingerprint density at radius 3 is 2.11 bits per heavy atom. The number of rotatable bonds is 10. The van der Waals surface area contributed by atoms with Crippen LogP contribution < -0.4 is 10.0 Å². The predicted octanol–water partition coefficient (Wildman–Crippen LogP) is 8.73. The van der Waals surface area contributed by atoms with Crippen molar-refractivity contribution in [3.05, 3.63) is 125 Å². The van der Waals surface area contributed by atoms with Crippen LogP contribution in [0.25, 0.3) is 0 Å².